The molecular formula is C14H25F. The molecule has 2 unspecified atom stereocenters. The Morgan fingerprint density at radius 1 is 1.33 bits per heavy atom. The lowest BCUT2D eigenvalue weighted by Gasteiger charge is -2.07. The van der Waals surface area contributed by atoms with Crippen molar-refractivity contribution in [1.29, 1.82) is 0 Å². The molecule has 15 heavy (non-hydrogen) atoms. The van der Waals surface area contributed by atoms with Crippen LogP contribution in [-0.4, -0.2) is 0 Å². The van der Waals surface area contributed by atoms with Gasteiger partial charge < -0.3 is 0 Å². The minimum absolute atomic E-state index is 0.136. The van der Waals surface area contributed by atoms with Crippen molar-refractivity contribution in [2.75, 3.05) is 0 Å². The molecule has 0 radical (unpaired) electrons. The average Bonchev–Trinajstić information content (AvgIpc) is 2.93. The molecule has 1 rings (SSSR count). The normalized spacial score (nSPS) is 26.5. The van der Waals surface area contributed by atoms with Gasteiger partial charge in [-0.05, 0) is 49.0 Å². The van der Waals surface area contributed by atoms with E-state index in [0.29, 0.717) is 18.3 Å². The van der Waals surface area contributed by atoms with Gasteiger partial charge in [-0.1, -0.05) is 27.7 Å². The van der Waals surface area contributed by atoms with E-state index < -0.39 is 0 Å². The van der Waals surface area contributed by atoms with E-state index in [1.54, 1.807) is 0 Å². The Kier molecular flexibility index (Phi) is 4.82. The molecule has 0 heterocycles. The first-order valence-corrected chi connectivity index (χ1v) is 6.44. The SMILES string of the molecule is CCC(/C=C(/F)CC1CC1C(C)C)CC. The maximum absolute atomic E-state index is 13.6. The largest absolute Gasteiger partial charge is 0.212 e. The number of hydrogen-bond acceptors (Lipinski definition) is 0. The molecule has 0 N–H and O–H groups in total. The molecule has 0 nitrogen and oxygen atoms in total. The van der Waals surface area contributed by atoms with Crippen molar-refractivity contribution in [2.45, 2.75) is 53.4 Å². The van der Waals surface area contributed by atoms with Crippen molar-refractivity contribution in [3.05, 3.63) is 11.9 Å². The van der Waals surface area contributed by atoms with Gasteiger partial charge in [0.25, 0.3) is 0 Å². The van der Waals surface area contributed by atoms with Gasteiger partial charge in [-0.15, -0.1) is 0 Å². The van der Waals surface area contributed by atoms with Gasteiger partial charge in [-0.25, -0.2) is 4.39 Å². The third kappa shape index (κ3) is 3.96. The molecule has 0 aromatic heterocycles. The zero-order valence-electron chi connectivity index (χ0n) is 10.6. The lowest BCUT2D eigenvalue weighted by atomic mass is 10.0. The predicted molar refractivity (Wildman–Crippen MR) is 64.3 cm³/mol. The predicted octanol–water partition coefficient (Wildman–Crippen LogP) is 4.96. The van der Waals surface area contributed by atoms with Crippen LogP contribution < -0.4 is 0 Å². The van der Waals surface area contributed by atoms with Crippen LogP contribution in [0.3, 0.4) is 0 Å². The molecule has 1 heteroatoms. The maximum Gasteiger partial charge on any atom is 0.0965 e. The molecule has 1 fully saturated rings. The molecular weight excluding hydrogens is 187 g/mol. The fraction of sp³-hybridized carbons (Fsp3) is 0.857. The summed E-state index contributed by atoms with van der Waals surface area (Å²) in [5, 5.41) is 0. The van der Waals surface area contributed by atoms with Gasteiger partial charge in [-0.3, -0.25) is 0 Å². The highest BCUT2D eigenvalue weighted by Gasteiger charge is 2.39. The Balaban J connectivity index is 2.33. The van der Waals surface area contributed by atoms with E-state index in [1.807, 2.05) is 6.08 Å². The molecule has 0 aromatic rings. The second kappa shape index (κ2) is 5.67. The summed E-state index contributed by atoms with van der Waals surface area (Å²) < 4.78 is 13.6. The van der Waals surface area contributed by atoms with Crippen molar-refractivity contribution >= 4 is 0 Å². The van der Waals surface area contributed by atoms with Gasteiger partial charge in [0.15, 0.2) is 0 Å². The standard InChI is InChI=1S/C14H25F/c1-5-11(6-2)7-13(15)8-12-9-14(12)10(3)4/h7,10-12,14H,5-6,8-9H2,1-4H3/b13-7+. The highest BCUT2D eigenvalue weighted by molar-refractivity contribution is 5.02. The third-order valence-corrected chi connectivity index (χ3v) is 3.76. The Morgan fingerprint density at radius 2 is 1.93 bits per heavy atom. The van der Waals surface area contributed by atoms with Gasteiger partial charge in [0.05, 0.1) is 5.83 Å². The smallest absolute Gasteiger partial charge is 0.0965 e. The van der Waals surface area contributed by atoms with Crippen molar-refractivity contribution in [3.8, 4) is 0 Å². The summed E-state index contributed by atoms with van der Waals surface area (Å²) in [5.74, 6) is 2.73. The lowest BCUT2D eigenvalue weighted by Crippen LogP contribution is -1.95. The van der Waals surface area contributed by atoms with Crippen molar-refractivity contribution in [2.24, 2.45) is 23.7 Å². The summed E-state index contributed by atoms with van der Waals surface area (Å²) in [5.41, 5.74) is 0. The van der Waals surface area contributed by atoms with Crippen LogP contribution in [0.4, 0.5) is 4.39 Å². The topological polar surface area (TPSA) is 0 Å². The molecule has 2 atom stereocenters. The molecule has 88 valence electrons. The summed E-state index contributed by atoms with van der Waals surface area (Å²) in [6.07, 6.45) is 5.90. The van der Waals surface area contributed by atoms with E-state index in [4.69, 9.17) is 0 Å². The fourth-order valence-corrected chi connectivity index (χ4v) is 2.42. The maximum atomic E-state index is 13.6. The molecule has 0 aromatic carbocycles. The molecule has 1 saturated carbocycles. The van der Waals surface area contributed by atoms with E-state index in [1.165, 1.54) is 6.42 Å². The highest BCUT2D eigenvalue weighted by atomic mass is 19.1. The van der Waals surface area contributed by atoms with E-state index >= 15 is 0 Å². The summed E-state index contributed by atoms with van der Waals surface area (Å²) in [4.78, 5) is 0. The fourth-order valence-electron chi connectivity index (χ4n) is 2.42. The summed E-state index contributed by atoms with van der Waals surface area (Å²) in [6, 6.07) is 0. The first-order valence-electron chi connectivity index (χ1n) is 6.44. The van der Waals surface area contributed by atoms with E-state index in [-0.39, 0.29) is 5.83 Å². The second-order valence-electron chi connectivity index (χ2n) is 5.30. The van der Waals surface area contributed by atoms with Gasteiger partial charge in [0.1, 0.15) is 0 Å². The Labute approximate surface area is 94.0 Å². The first-order chi connectivity index (χ1) is 7.08. The lowest BCUT2D eigenvalue weighted by molar-refractivity contribution is 0.476. The molecule has 1 aliphatic rings. The van der Waals surface area contributed by atoms with E-state index in [9.17, 15) is 4.39 Å². The van der Waals surface area contributed by atoms with Crippen LogP contribution in [0.1, 0.15) is 53.4 Å². The summed E-state index contributed by atoms with van der Waals surface area (Å²) in [6.45, 7) is 8.75. The van der Waals surface area contributed by atoms with E-state index in [0.717, 1.165) is 24.7 Å². The van der Waals surface area contributed by atoms with Crippen molar-refractivity contribution in [1.82, 2.24) is 0 Å². The molecule has 0 amide bonds. The monoisotopic (exact) mass is 212 g/mol. The molecule has 0 spiro atoms. The van der Waals surface area contributed by atoms with Gasteiger partial charge >= 0.3 is 0 Å². The molecule has 0 saturated heterocycles. The summed E-state index contributed by atoms with van der Waals surface area (Å²) in [7, 11) is 0. The first kappa shape index (κ1) is 12.7. The van der Waals surface area contributed by atoms with Crippen LogP contribution in [-0.2, 0) is 0 Å². The molecule has 0 aliphatic heterocycles. The van der Waals surface area contributed by atoms with Gasteiger partial charge in [0, 0.05) is 6.42 Å². The van der Waals surface area contributed by atoms with Gasteiger partial charge in [0.2, 0.25) is 0 Å². The van der Waals surface area contributed by atoms with Crippen molar-refractivity contribution in [3.63, 3.8) is 0 Å². The minimum atomic E-state index is 0.136. The highest BCUT2D eigenvalue weighted by Crippen LogP contribution is 2.48. The summed E-state index contributed by atoms with van der Waals surface area (Å²) >= 11 is 0. The van der Waals surface area contributed by atoms with Crippen LogP contribution >= 0.6 is 0 Å². The quantitative estimate of drug-likeness (QED) is 0.584. The third-order valence-electron chi connectivity index (χ3n) is 3.76. The zero-order chi connectivity index (χ0) is 11.4. The number of hydrogen-bond donors (Lipinski definition) is 0. The number of rotatable bonds is 6. The van der Waals surface area contributed by atoms with Crippen LogP contribution in [0.5, 0.6) is 0 Å². The average molecular weight is 212 g/mol. The van der Waals surface area contributed by atoms with Crippen LogP contribution in [0.15, 0.2) is 11.9 Å². The van der Waals surface area contributed by atoms with E-state index in [2.05, 4.69) is 27.7 Å². The van der Waals surface area contributed by atoms with Crippen molar-refractivity contribution < 1.29 is 4.39 Å². The Hall–Kier alpha value is -0.330. The minimum Gasteiger partial charge on any atom is -0.212 e. The number of halogens is 1. The van der Waals surface area contributed by atoms with Crippen LogP contribution in [0.25, 0.3) is 0 Å². The zero-order valence-corrected chi connectivity index (χ0v) is 10.6. The second-order valence-corrected chi connectivity index (χ2v) is 5.30. The van der Waals surface area contributed by atoms with Gasteiger partial charge in [-0.2, -0.15) is 0 Å². The number of allylic oxidation sites excluding steroid dienone is 2. The Morgan fingerprint density at radius 3 is 2.33 bits per heavy atom. The van der Waals surface area contributed by atoms with Crippen LogP contribution in [0.2, 0.25) is 0 Å². The Bertz CT molecular complexity index is 213. The molecule has 1 aliphatic carbocycles. The van der Waals surface area contributed by atoms with Crippen LogP contribution in [0, 0.1) is 23.7 Å². The molecule has 0 bridgehead atoms.